The number of nitrogens with one attached hydrogen (secondary N) is 1. The molecule has 0 atom stereocenters. The molecule has 0 spiro atoms. The van der Waals surface area contributed by atoms with Gasteiger partial charge in [0.05, 0.1) is 0 Å². The molecular weight excluding hydrogens is 206 g/mol. The monoisotopic (exact) mass is 233 g/mol. The molecule has 16 heavy (non-hydrogen) atoms. The summed E-state index contributed by atoms with van der Waals surface area (Å²) in [6.07, 6.45) is 3.95. The van der Waals surface area contributed by atoms with Gasteiger partial charge in [-0.25, -0.2) is 4.79 Å². The minimum Gasteiger partial charge on any atom is -0.444 e. The second-order valence-corrected chi connectivity index (χ2v) is 4.63. The van der Waals surface area contributed by atoms with Gasteiger partial charge in [-0.1, -0.05) is 12.8 Å². The van der Waals surface area contributed by atoms with E-state index in [-0.39, 0.29) is 12.2 Å². The number of nitrogens with two attached hydrogens (primary N) is 1. The van der Waals surface area contributed by atoms with Crippen LogP contribution in [0.25, 0.3) is 0 Å². The summed E-state index contributed by atoms with van der Waals surface area (Å²) in [4.78, 5) is 11.2. The van der Waals surface area contributed by atoms with Gasteiger partial charge in [-0.2, -0.15) is 0 Å². The quantitative estimate of drug-likeness (QED) is 0.612. The van der Waals surface area contributed by atoms with Gasteiger partial charge in [0.25, 0.3) is 0 Å². The lowest BCUT2D eigenvalue weighted by Gasteiger charge is -2.19. The molecule has 0 aromatic rings. The molecule has 5 heteroatoms. The Labute approximate surface area is 98.7 Å². The van der Waals surface area contributed by atoms with Gasteiger partial charge in [-0.15, -0.1) is 0 Å². The largest absolute Gasteiger partial charge is 0.444 e. The van der Waals surface area contributed by atoms with Gasteiger partial charge in [-0.05, 0) is 40.2 Å². The predicted molar refractivity (Wildman–Crippen MR) is 66.8 cm³/mol. The summed E-state index contributed by atoms with van der Waals surface area (Å²) in [5, 5.41) is 2.72. The number of carbonyl (C=O) groups excluding carboxylic acids is 1. The van der Waals surface area contributed by atoms with Crippen molar-refractivity contribution in [1.82, 2.24) is 11.5 Å². The topological polar surface area (TPSA) is 99.3 Å². The van der Waals surface area contributed by atoms with Crippen molar-refractivity contribution in [2.24, 2.45) is 5.73 Å². The van der Waals surface area contributed by atoms with Crippen molar-refractivity contribution in [2.75, 3.05) is 13.1 Å². The first-order valence-electron chi connectivity index (χ1n) is 5.62. The van der Waals surface area contributed by atoms with Crippen LogP contribution in [-0.2, 0) is 4.74 Å². The predicted octanol–water partition coefficient (Wildman–Crippen LogP) is 2.19. The van der Waals surface area contributed by atoms with E-state index in [0.717, 1.165) is 32.2 Å². The first-order valence-corrected chi connectivity index (χ1v) is 5.62. The third-order valence-corrected chi connectivity index (χ3v) is 1.80. The molecule has 0 bridgehead atoms. The summed E-state index contributed by atoms with van der Waals surface area (Å²) < 4.78 is 5.10. The maximum atomic E-state index is 11.2. The number of hydrogen-bond donors (Lipinski definition) is 3. The molecule has 0 unspecified atom stereocenters. The van der Waals surface area contributed by atoms with Gasteiger partial charge in [0.15, 0.2) is 0 Å². The Kier molecular flexibility index (Phi) is 10.3. The third-order valence-electron chi connectivity index (χ3n) is 1.80. The lowest BCUT2D eigenvalue weighted by Crippen LogP contribution is -2.32. The van der Waals surface area contributed by atoms with Crippen LogP contribution in [0.2, 0.25) is 0 Å². The maximum absolute atomic E-state index is 11.2. The molecule has 1 amide bonds. The molecule has 98 valence electrons. The lowest BCUT2D eigenvalue weighted by atomic mass is 10.2. The van der Waals surface area contributed by atoms with Crippen molar-refractivity contribution >= 4 is 6.09 Å². The van der Waals surface area contributed by atoms with Gasteiger partial charge in [0.2, 0.25) is 0 Å². The number of ether oxygens (including phenoxy) is 1. The van der Waals surface area contributed by atoms with E-state index in [1.54, 1.807) is 0 Å². The van der Waals surface area contributed by atoms with Crippen LogP contribution in [0.3, 0.4) is 0 Å². The summed E-state index contributed by atoms with van der Waals surface area (Å²) in [7, 11) is 0. The van der Waals surface area contributed by atoms with Crippen LogP contribution in [0, 0.1) is 0 Å². The molecule has 0 heterocycles. The normalized spacial score (nSPS) is 10.5. The Balaban J connectivity index is 0. The molecule has 0 aliphatic rings. The minimum absolute atomic E-state index is 0. The Morgan fingerprint density at radius 3 is 2.25 bits per heavy atom. The summed E-state index contributed by atoms with van der Waals surface area (Å²) in [5.74, 6) is 0. The Morgan fingerprint density at radius 2 is 1.75 bits per heavy atom. The second kappa shape index (κ2) is 9.42. The van der Waals surface area contributed by atoms with Crippen LogP contribution < -0.4 is 17.2 Å². The number of alkyl carbamates (subject to hydrolysis) is 1. The van der Waals surface area contributed by atoms with Crippen LogP contribution in [0.15, 0.2) is 0 Å². The fourth-order valence-electron chi connectivity index (χ4n) is 1.13. The van der Waals surface area contributed by atoms with Crippen molar-refractivity contribution < 1.29 is 9.53 Å². The minimum atomic E-state index is -0.413. The first kappa shape index (κ1) is 17.6. The van der Waals surface area contributed by atoms with Gasteiger partial charge in [-0.3, -0.25) is 0 Å². The van der Waals surface area contributed by atoms with Crippen LogP contribution in [0.4, 0.5) is 4.79 Å². The second-order valence-electron chi connectivity index (χ2n) is 4.63. The number of rotatable bonds is 6. The van der Waals surface area contributed by atoms with E-state index >= 15 is 0 Å². The van der Waals surface area contributed by atoms with Crippen LogP contribution in [0.5, 0.6) is 0 Å². The zero-order chi connectivity index (χ0) is 11.7. The highest BCUT2D eigenvalue weighted by atomic mass is 16.6. The summed E-state index contributed by atoms with van der Waals surface area (Å²) in [5.41, 5.74) is 4.96. The number of unbranched alkanes of at least 4 members (excludes halogenated alkanes) is 3. The average molecular weight is 233 g/mol. The number of hydrogen-bond acceptors (Lipinski definition) is 4. The molecule has 5 nitrogen and oxygen atoms in total. The van der Waals surface area contributed by atoms with E-state index < -0.39 is 5.60 Å². The molecule has 0 saturated carbocycles. The van der Waals surface area contributed by atoms with Crippen molar-refractivity contribution in [3.63, 3.8) is 0 Å². The Bertz CT molecular complexity index is 179. The SMILES string of the molecule is CC(C)(C)OC(=O)NCCCCCCN.N. The third kappa shape index (κ3) is 13.2. The van der Waals surface area contributed by atoms with E-state index in [0.29, 0.717) is 6.54 Å². The first-order chi connectivity index (χ1) is 6.95. The van der Waals surface area contributed by atoms with Crippen molar-refractivity contribution in [1.29, 1.82) is 0 Å². The van der Waals surface area contributed by atoms with Crippen molar-refractivity contribution in [3.05, 3.63) is 0 Å². The molecule has 6 N–H and O–H groups in total. The van der Waals surface area contributed by atoms with Gasteiger partial charge in [0, 0.05) is 6.54 Å². The Morgan fingerprint density at radius 1 is 1.19 bits per heavy atom. The lowest BCUT2D eigenvalue weighted by molar-refractivity contribution is 0.0527. The summed E-state index contributed by atoms with van der Waals surface area (Å²) >= 11 is 0. The molecule has 0 fully saturated rings. The number of amides is 1. The highest BCUT2D eigenvalue weighted by molar-refractivity contribution is 5.67. The van der Waals surface area contributed by atoms with E-state index in [2.05, 4.69) is 5.32 Å². The molecule has 0 radical (unpaired) electrons. The molecular formula is C11H27N3O2. The summed E-state index contributed by atoms with van der Waals surface area (Å²) in [6, 6.07) is 0. The maximum Gasteiger partial charge on any atom is 0.407 e. The molecule has 0 saturated heterocycles. The highest BCUT2D eigenvalue weighted by Gasteiger charge is 2.15. The van der Waals surface area contributed by atoms with Gasteiger partial charge < -0.3 is 21.9 Å². The van der Waals surface area contributed by atoms with Crippen LogP contribution in [0.1, 0.15) is 46.5 Å². The van der Waals surface area contributed by atoms with Crippen molar-refractivity contribution in [2.45, 2.75) is 52.1 Å². The standard InChI is InChI=1S/C11H24N2O2.H3N/c1-11(2,3)15-10(14)13-9-7-5-4-6-8-12;/h4-9,12H2,1-3H3,(H,13,14);1H3. The molecule has 0 aliphatic heterocycles. The number of carbonyl (C=O) groups is 1. The zero-order valence-corrected chi connectivity index (χ0v) is 10.8. The van der Waals surface area contributed by atoms with E-state index in [1.165, 1.54) is 0 Å². The van der Waals surface area contributed by atoms with E-state index in [9.17, 15) is 4.79 Å². The van der Waals surface area contributed by atoms with Crippen LogP contribution >= 0.6 is 0 Å². The average Bonchev–Trinajstić information content (AvgIpc) is 2.08. The molecule has 0 aromatic carbocycles. The molecule has 0 aromatic heterocycles. The van der Waals surface area contributed by atoms with Crippen LogP contribution in [-0.4, -0.2) is 24.8 Å². The molecule has 0 aliphatic carbocycles. The van der Waals surface area contributed by atoms with Gasteiger partial charge >= 0.3 is 6.09 Å². The zero-order valence-electron chi connectivity index (χ0n) is 10.8. The smallest absolute Gasteiger partial charge is 0.407 e. The fraction of sp³-hybridized carbons (Fsp3) is 0.909. The van der Waals surface area contributed by atoms with Crippen molar-refractivity contribution in [3.8, 4) is 0 Å². The van der Waals surface area contributed by atoms with E-state index in [1.807, 2.05) is 20.8 Å². The Hall–Kier alpha value is -0.810. The fourth-order valence-corrected chi connectivity index (χ4v) is 1.13. The van der Waals surface area contributed by atoms with E-state index in [4.69, 9.17) is 10.5 Å². The van der Waals surface area contributed by atoms with Gasteiger partial charge in [0.1, 0.15) is 5.60 Å². The summed E-state index contributed by atoms with van der Waals surface area (Å²) in [6.45, 7) is 6.99. The molecule has 0 rings (SSSR count). The highest BCUT2D eigenvalue weighted by Crippen LogP contribution is 2.06.